The topological polar surface area (TPSA) is 19.1 Å². The normalized spacial score (nSPS) is 14.1. The molecule has 0 N–H and O–H groups in total. The lowest BCUT2D eigenvalue weighted by Gasteiger charge is -2.39. The molecule has 1 spiro atoms. The number of aromatic nitrogens is 2. The first-order chi connectivity index (χ1) is 29.0. The third kappa shape index (κ3) is 4.77. The van der Waals surface area contributed by atoms with Gasteiger partial charge in [0.25, 0.3) is 0 Å². The number of benzene rings is 8. The van der Waals surface area contributed by atoms with Crippen molar-refractivity contribution >= 4 is 72.4 Å². The summed E-state index contributed by atoms with van der Waals surface area (Å²) in [5.41, 5.74) is 12.3. The van der Waals surface area contributed by atoms with E-state index in [0.717, 1.165) is 11.5 Å². The van der Waals surface area contributed by atoms with E-state index in [9.17, 15) is 0 Å². The zero-order valence-corrected chi connectivity index (χ0v) is 36.0. The van der Waals surface area contributed by atoms with Crippen LogP contribution in [0.3, 0.4) is 0 Å². The maximum Gasteiger partial charge on any atom is 0.189 e. The number of nitrogens with zero attached hydrogens (tertiary/aromatic N) is 2. The van der Waals surface area contributed by atoms with Crippen molar-refractivity contribution in [2.75, 3.05) is 0 Å². The molecule has 0 bridgehead atoms. The lowest BCUT2D eigenvalue weighted by Crippen LogP contribution is -2.74. The Morgan fingerprint density at radius 2 is 0.717 bits per heavy atom. The minimum Gasteiger partial charge on any atom is -0.458 e. The van der Waals surface area contributed by atoms with Crippen LogP contribution in [-0.4, -0.2) is 17.2 Å². The van der Waals surface area contributed by atoms with Crippen molar-refractivity contribution in [2.45, 2.75) is 52.4 Å². The summed E-state index contributed by atoms with van der Waals surface area (Å²) < 4.78 is 12.2. The van der Waals surface area contributed by atoms with E-state index in [1.54, 1.807) is 0 Å². The fraction of sp³-hybridized carbons (Fsp3) is 0.143. The third-order valence-corrected chi connectivity index (χ3v) is 18.4. The number of hydrogen-bond acceptors (Lipinski definition) is 1. The highest BCUT2D eigenvalue weighted by molar-refractivity contribution is 7.23. The molecule has 2 aliphatic heterocycles. The Bertz CT molecular complexity index is 3110. The van der Waals surface area contributed by atoms with Crippen LogP contribution in [0.2, 0.25) is 0 Å². The summed E-state index contributed by atoms with van der Waals surface area (Å²) in [6, 6.07) is 64.3. The third-order valence-electron chi connectivity index (χ3n) is 13.5. The molecule has 0 aliphatic carbocycles. The number of hydrogen-bond donors (Lipinski definition) is 0. The van der Waals surface area contributed by atoms with Gasteiger partial charge in [0.15, 0.2) is 8.07 Å². The van der Waals surface area contributed by atoms with Gasteiger partial charge in [-0.1, -0.05) is 151 Å². The molecule has 12 rings (SSSR count). The molecule has 4 heterocycles. The smallest absolute Gasteiger partial charge is 0.189 e. The maximum absolute atomic E-state index is 7.23. The molecule has 0 radical (unpaired) electrons. The number of para-hydroxylation sites is 4. The molecular weight excluding hydrogens is 745 g/mol. The zero-order valence-electron chi connectivity index (χ0n) is 35.0. The Balaban J connectivity index is 1.22. The van der Waals surface area contributed by atoms with E-state index in [4.69, 9.17) is 4.74 Å². The number of rotatable bonds is 2. The molecular formula is C56H46N2OSi. The van der Waals surface area contributed by atoms with Gasteiger partial charge in [-0.3, -0.25) is 0 Å². The van der Waals surface area contributed by atoms with Crippen molar-refractivity contribution in [3.8, 4) is 34.0 Å². The second-order valence-electron chi connectivity index (χ2n) is 19.0. The zero-order chi connectivity index (χ0) is 40.7. The van der Waals surface area contributed by atoms with E-state index >= 15 is 0 Å². The van der Waals surface area contributed by atoms with E-state index < -0.39 is 8.07 Å². The van der Waals surface area contributed by atoms with E-state index in [1.807, 2.05) is 0 Å². The van der Waals surface area contributed by atoms with Crippen LogP contribution in [-0.2, 0) is 10.8 Å². The van der Waals surface area contributed by atoms with Gasteiger partial charge in [0, 0.05) is 32.9 Å². The van der Waals surface area contributed by atoms with Crippen molar-refractivity contribution in [3.63, 3.8) is 0 Å². The predicted octanol–water partition coefficient (Wildman–Crippen LogP) is 11.9. The van der Waals surface area contributed by atoms with E-state index in [0.29, 0.717) is 0 Å². The van der Waals surface area contributed by atoms with Crippen LogP contribution in [0, 0.1) is 0 Å². The predicted molar refractivity (Wildman–Crippen MR) is 255 cm³/mol. The van der Waals surface area contributed by atoms with Crippen LogP contribution in [0.15, 0.2) is 170 Å². The van der Waals surface area contributed by atoms with Gasteiger partial charge in [0.1, 0.15) is 11.5 Å². The van der Waals surface area contributed by atoms with Crippen molar-refractivity contribution in [1.29, 1.82) is 0 Å². The van der Waals surface area contributed by atoms with Crippen LogP contribution in [0.1, 0.15) is 52.7 Å². The van der Waals surface area contributed by atoms with Gasteiger partial charge in [-0.25, -0.2) is 0 Å². The number of fused-ring (bicyclic) bond motifs is 15. The second kappa shape index (κ2) is 12.2. The van der Waals surface area contributed by atoms with Crippen molar-refractivity contribution in [3.05, 3.63) is 181 Å². The SMILES string of the molecule is CC(C)(C)c1ccc2c(c1)Oc1cc(C(C)(C)C)ccc1[Si]21c2cc(-n3c4ccccc4c4ccccc43)ccc2-c2ccc(-n3c4ccccc4c4ccccc43)cc21. The van der Waals surface area contributed by atoms with Crippen LogP contribution in [0.25, 0.3) is 66.1 Å². The first-order valence-electron chi connectivity index (χ1n) is 21.3. The molecule has 0 fully saturated rings. The molecule has 0 saturated carbocycles. The average Bonchev–Trinajstić information content (AvgIpc) is 3.87. The van der Waals surface area contributed by atoms with E-state index in [1.165, 1.54) is 98.0 Å². The fourth-order valence-electron chi connectivity index (χ4n) is 10.6. The molecule has 2 aromatic heterocycles. The Morgan fingerprint density at radius 1 is 0.367 bits per heavy atom. The Hall–Kier alpha value is -6.62. The molecule has 4 heteroatoms. The standard InChI is InChI=1S/C56H46N2OSi/c1-55(2,3)35-23-29-51-49(31-35)59-50-32-36(56(4,5)6)24-30-52(50)60(51)53-33-37(57-45-19-11-7-15-39(45)40-16-8-12-20-46(40)57)25-27-43(53)44-28-26-38(34-54(44)60)58-47-21-13-9-17-41(47)42-18-10-14-22-48(42)58/h7-34H,1-6H3. The maximum atomic E-state index is 7.23. The summed E-state index contributed by atoms with van der Waals surface area (Å²) in [5, 5.41) is 10.5. The summed E-state index contributed by atoms with van der Waals surface area (Å²) in [7, 11) is -3.08. The number of ether oxygens (including phenoxy) is 1. The van der Waals surface area contributed by atoms with Crippen molar-refractivity contribution < 1.29 is 4.74 Å². The largest absolute Gasteiger partial charge is 0.458 e. The minimum atomic E-state index is -3.08. The Morgan fingerprint density at radius 3 is 1.07 bits per heavy atom. The molecule has 290 valence electrons. The minimum absolute atomic E-state index is 0.0421. The average molecular weight is 791 g/mol. The molecule has 60 heavy (non-hydrogen) atoms. The van der Waals surface area contributed by atoms with Crippen LogP contribution in [0.5, 0.6) is 11.5 Å². The van der Waals surface area contributed by atoms with Crippen LogP contribution >= 0.6 is 0 Å². The van der Waals surface area contributed by atoms with E-state index in [-0.39, 0.29) is 10.8 Å². The van der Waals surface area contributed by atoms with Gasteiger partial charge in [0.2, 0.25) is 0 Å². The van der Waals surface area contributed by atoms with Crippen LogP contribution < -0.4 is 25.5 Å². The first kappa shape index (κ1) is 35.3. The summed E-state index contributed by atoms with van der Waals surface area (Å²) in [5.74, 6) is 1.96. The van der Waals surface area contributed by atoms with Gasteiger partial charge in [0.05, 0.1) is 22.1 Å². The van der Waals surface area contributed by atoms with Gasteiger partial charge < -0.3 is 13.9 Å². The van der Waals surface area contributed by atoms with Gasteiger partial charge in [-0.05, 0) is 114 Å². The Labute approximate surface area is 352 Å². The monoisotopic (exact) mass is 790 g/mol. The Kier molecular flexibility index (Phi) is 7.19. The van der Waals surface area contributed by atoms with Gasteiger partial charge in [-0.15, -0.1) is 0 Å². The summed E-state index contributed by atoms with van der Waals surface area (Å²) in [6.07, 6.45) is 0. The lowest BCUT2D eigenvalue weighted by molar-refractivity contribution is 0.479. The molecule has 0 amide bonds. The van der Waals surface area contributed by atoms with Gasteiger partial charge >= 0.3 is 0 Å². The second-order valence-corrected chi connectivity index (χ2v) is 22.6. The lowest BCUT2D eigenvalue weighted by atomic mass is 9.87. The molecule has 0 saturated heterocycles. The highest BCUT2D eigenvalue weighted by atomic mass is 28.3. The molecule has 3 nitrogen and oxygen atoms in total. The van der Waals surface area contributed by atoms with Crippen molar-refractivity contribution in [1.82, 2.24) is 9.13 Å². The van der Waals surface area contributed by atoms with Crippen molar-refractivity contribution in [2.24, 2.45) is 0 Å². The summed E-state index contributed by atoms with van der Waals surface area (Å²) >= 11 is 0. The van der Waals surface area contributed by atoms with Crippen LogP contribution in [0.4, 0.5) is 0 Å². The van der Waals surface area contributed by atoms with E-state index in [2.05, 4.69) is 221 Å². The molecule has 10 aromatic rings. The summed E-state index contributed by atoms with van der Waals surface area (Å²) in [4.78, 5) is 0. The fourth-order valence-corrected chi connectivity index (χ4v) is 16.0. The highest BCUT2D eigenvalue weighted by Gasteiger charge is 2.54. The first-order valence-corrected chi connectivity index (χ1v) is 23.3. The highest BCUT2D eigenvalue weighted by Crippen LogP contribution is 2.42. The molecule has 2 aliphatic rings. The molecule has 8 aromatic carbocycles. The van der Waals surface area contributed by atoms with Gasteiger partial charge in [-0.2, -0.15) is 0 Å². The summed E-state index contributed by atoms with van der Waals surface area (Å²) in [6.45, 7) is 13.8. The molecule has 0 atom stereocenters. The molecule has 0 unspecified atom stereocenters. The quantitative estimate of drug-likeness (QED) is 0.160.